The lowest BCUT2D eigenvalue weighted by Gasteiger charge is -2.16. The van der Waals surface area contributed by atoms with Crippen molar-refractivity contribution >= 4 is 17.6 Å². The Balaban J connectivity index is 1.62. The van der Waals surface area contributed by atoms with Crippen molar-refractivity contribution in [3.63, 3.8) is 0 Å². The number of urea groups is 1. The van der Waals surface area contributed by atoms with E-state index in [1.807, 2.05) is 38.1 Å². The van der Waals surface area contributed by atoms with Gasteiger partial charge in [0.25, 0.3) is 5.91 Å². The minimum absolute atomic E-state index is 0.173. The predicted molar refractivity (Wildman–Crippen MR) is 105 cm³/mol. The number of anilines is 1. The molecule has 1 atom stereocenters. The smallest absolute Gasteiger partial charge is 0.319 e. The van der Waals surface area contributed by atoms with Crippen molar-refractivity contribution in [1.82, 2.24) is 10.6 Å². The minimum Gasteiger partial charge on any atom is -0.494 e. The molecule has 2 aromatic rings. The Morgan fingerprint density at radius 3 is 2.67 bits per heavy atom. The number of hydrogen-bond acceptors (Lipinski definition) is 3. The molecule has 6 heteroatoms. The van der Waals surface area contributed by atoms with Gasteiger partial charge in [-0.2, -0.15) is 0 Å². The predicted octanol–water partition coefficient (Wildman–Crippen LogP) is 3.86. The number of carbonyl (C=O) groups excluding carboxylic acids is 2. The van der Waals surface area contributed by atoms with E-state index in [0.717, 1.165) is 24.2 Å². The standard InChI is InChI=1S/C21H25N3O3/c1-3-27-19-9-5-6-15(13-19)14(2)22-20(25)16-7-4-8-18(12-16)24-21(26)23-17-10-11-17/h4-9,12-14,17H,3,10-11H2,1-2H3,(H,22,25)(H2,23,24,26). The van der Waals surface area contributed by atoms with Gasteiger partial charge in [-0.05, 0) is 62.6 Å². The summed E-state index contributed by atoms with van der Waals surface area (Å²) < 4.78 is 5.51. The van der Waals surface area contributed by atoms with Crippen molar-refractivity contribution in [2.75, 3.05) is 11.9 Å². The van der Waals surface area contributed by atoms with Crippen LogP contribution >= 0.6 is 0 Å². The van der Waals surface area contributed by atoms with Crippen LogP contribution in [0.1, 0.15) is 48.7 Å². The maximum atomic E-state index is 12.6. The van der Waals surface area contributed by atoms with E-state index in [0.29, 0.717) is 17.9 Å². The molecular formula is C21H25N3O3. The molecular weight excluding hydrogens is 342 g/mol. The molecule has 1 aliphatic carbocycles. The normalized spacial score (nSPS) is 14.1. The quantitative estimate of drug-likeness (QED) is 0.695. The van der Waals surface area contributed by atoms with Crippen molar-refractivity contribution in [2.45, 2.75) is 38.8 Å². The van der Waals surface area contributed by atoms with Crippen LogP contribution in [-0.4, -0.2) is 24.6 Å². The summed E-state index contributed by atoms with van der Waals surface area (Å²) in [5, 5.41) is 8.61. The van der Waals surface area contributed by atoms with Crippen molar-refractivity contribution < 1.29 is 14.3 Å². The first-order valence-corrected chi connectivity index (χ1v) is 9.26. The highest BCUT2D eigenvalue weighted by Gasteiger charge is 2.23. The highest BCUT2D eigenvalue weighted by molar-refractivity contribution is 5.97. The van der Waals surface area contributed by atoms with Gasteiger partial charge in [0, 0.05) is 17.3 Å². The Kier molecular flexibility index (Phi) is 5.96. The lowest BCUT2D eigenvalue weighted by atomic mass is 10.1. The molecule has 0 bridgehead atoms. The lowest BCUT2D eigenvalue weighted by Crippen LogP contribution is -2.30. The van der Waals surface area contributed by atoms with Gasteiger partial charge >= 0.3 is 6.03 Å². The highest BCUT2D eigenvalue weighted by Crippen LogP contribution is 2.21. The zero-order chi connectivity index (χ0) is 19.2. The summed E-state index contributed by atoms with van der Waals surface area (Å²) in [6.45, 7) is 4.45. The van der Waals surface area contributed by atoms with E-state index >= 15 is 0 Å². The zero-order valence-electron chi connectivity index (χ0n) is 15.6. The van der Waals surface area contributed by atoms with Crippen LogP contribution in [0.15, 0.2) is 48.5 Å². The van der Waals surface area contributed by atoms with E-state index in [9.17, 15) is 9.59 Å². The topological polar surface area (TPSA) is 79.5 Å². The SMILES string of the molecule is CCOc1cccc(C(C)NC(=O)c2cccc(NC(=O)NC3CC3)c2)c1. The van der Waals surface area contributed by atoms with Crippen molar-refractivity contribution in [3.05, 3.63) is 59.7 Å². The summed E-state index contributed by atoms with van der Waals surface area (Å²) in [7, 11) is 0. The number of benzene rings is 2. The third kappa shape index (κ3) is 5.48. The maximum absolute atomic E-state index is 12.6. The van der Waals surface area contributed by atoms with E-state index in [1.54, 1.807) is 24.3 Å². The van der Waals surface area contributed by atoms with E-state index < -0.39 is 0 Å². The van der Waals surface area contributed by atoms with Crippen LogP contribution < -0.4 is 20.7 Å². The molecule has 3 amide bonds. The average molecular weight is 367 g/mol. The van der Waals surface area contributed by atoms with Crippen molar-refractivity contribution in [2.24, 2.45) is 0 Å². The average Bonchev–Trinajstić information content (AvgIpc) is 3.46. The van der Waals surface area contributed by atoms with Crippen LogP contribution in [-0.2, 0) is 0 Å². The van der Waals surface area contributed by atoms with Gasteiger partial charge < -0.3 is 20.7 Å². The Morgan fingerprint density at radius 2 is 1.93 bits per heavy atom. The number of ether oxygens (including phenoxy) is 1. The Labute approximate surface area is 159 Å². The fourth-order valence-corrected chi connectivity index (χ4v) is 2.72. The summed E-state index contributed by atoms with van der Waals surface area (Å²) in [5.41, 5.74) is 2.05. The molecule has 1 aliphatic rings. The first kappa shape index (κ1) is 18.8. The second-order valence-electron chi connectivity index (χ2n) is 6.65. The van der Waals surface area contributed by atoms with Gasteiger partial charge in [0.2, 0.25) is 0 Å². The molecule has 1 fully saturated rings. The molecule has 1 saturated carbocycles. The van der Waals surface area contributed by atoms with Gasteiger partial charge in [-0.3, -0.25) is 4.79 Å². The van der Waals surface area contributed by atoms with Crippen LogP contribution in [0.4, 0.5) is 10.5 Å². The van der Waals surface area contributed by atoms with E-state index in [-0.39, 0.29) is 24.0 Å². The van der Waals surface area contributed by atoms with Gasteiger partial charge in [-0.15, -0.1) is 0 Å². The molecule has 0 saturated heterocycles. The molecule has 0 aliphatic heterocycles. The summed E-state index contributed by atoms with van der Waals surface area (Å²) >= 11 is 0. The molecule has 0 heterocycles. The van der Waals surface area contributed by atoms with Gasteiger partial charge in [0.15, 0.2) is 0 Å². The number of nitrogens with one attached hydrogen (secondary N) is 3. The third-order valence-corrected chi connectivity index (χ3v) is 4.31. The minimum atomic E-state index is -0.240. The number of carbonyl (C=O) groups is 2. The maximum Gasteiger partial charge on any atom is 0.319 e. The zero-order valence-corrected chi connectivity index (χ0v) is 15.6. The summed E-state index contributed by atoms with van der Waals surface area (Å²) in [4.78, 5) is 24.5. The van der Waals surface area contributed by atoms with Crippen LogP contribution in [0.5, 0.6) is 5.75 Å². The third-order valence-electron chi connectivity index (χ3n) is 4.31. The molecule has 27 heavy (non-hydrogen) atoms. The highest BCUT2D eigenvalue weighted by atomic mass is 16.5. The molecule has 0 aromatic heterocycles. The fourth-order valence-electron chi connectivity index (χ4n) is 2.72. The molecule has 3 rings (SSSR count). The van der Waals surface area contributed by atoms with Gasteiger partial charge in [0.05, 0.1) is 12.6 Å². The van der Waals surface area contributed by atoms with Crippen LogP contribution in [0, 0.1) is 0 Å². The Hall–Kier alpha value is -3.02. The molecule has 2 aromatic carbocycles. The summed E-state index contributed by atoms with van der Waals surface area (Å²) in [6, 6.07) is 14.5. The number of rotatable bonds is 7. The van der Waals surface area contributed by atoms with Crippen LogP contribution in [0.25, 0.3) is 0 Å². The van der Waals surface area contributed by atoms with Crippen LogP contribution in [0.3, 0.4) is 0 Å². The molecule has 3 N–H and O–H groups in total. The van der Waals surface area contributed by atoms with E-state index in [1.165, 1.54) is 0 Å². The Morgan fingerprint density at radius 1 is 1.15 bits per heavy atom. The van der Waals surface area contributed by atoms with Crippen LogP contribution in [0.2, 0.25) is 0 Å². The van der Waals surface area contributed by atoms with Crippen molar-refractivity contribution in [3.8, 4) is 5.75 Å². The summed E-state index contributed by atoms with van der Waals surface area (Å²) in [6.07, 6.45) is 2.05. The van der Waals surface area contributed by atoms with Gasteiger partial charge in [-0.25, -0.2) is 4.79 Å². The number of hydrogen-bond donors (Lipinski definition) is 3. The monoisotopic (exact) mass is 367 g/mol. The second kappa shape index (κ2) is 8.58. The first-order chi connectivity index (χ1) is 13.0. The van der Waals surface area contributed by atoms with E-state index in [4.69, 9.17) is 4.74 Å². The first-order valence-electron chi connectivity index (χ1n) is 9.26. The van der Waals surface area contributed by atoms with Gasteiger partial charge in [0.1, 0.15) is 5.75 Å². The largest absolute Gasteiger partial charge is 0.494 e. The lowest BCUT2D eigenvalue weighted by molar-refractivity contribution is 0.0939. The van der Waals surface area contributed by atoms with Gasteiger partial charge in [-0.1, -0.05) is 18.2 Å². The molecule has 0 radical (unpaired) electrons. The molecule has 142 valence electrons. The second-order valence-corrected chi connectivity index (χ2v) is 6.65. The summed E-state index contributed by atoms with van der Waals surface area (Å²) in [5.74, 6) is 0.583. The molecule has 1 unspecified atom stereocenters. The number of amides is 3. The van der Waals surface area contributed by atoms with Crippen molar-refractivity contribution in [1.29, 1.82) is 0 Å². The van der Waals surface area contributed by atoms with E-state index in [2.05, 4.69) is 16.0 Å². The molecule has 6 nitrogen and oxygen atoms in total. The molecule has 0 spiro atoms. The Bertz CT molecular complexity index is 818. The fraction of sp³-hybridized carbons (Fsp3) is 0.333.